The summed E-state index contributed by atoms with van der Waals surface area (Å²) >= 11 is 0. The van der Waals surface area contributed by atoms with Gasteiger partial charge in [-0.05, 0) is 26.2 Å². The Hall–Kier alpha value is -0.900. The summed E-state index contributed by atoms with van der Waals surface area (Å²) in [7, 11) is 1.41. The van der Waals surface area contributed by atoms with Crippen molar-refractivity contribution in [1.82, 2.24) is 5.48 Å². The van der Waals surface area contributed by atoms with Gasteiger partial charge in [-0.25, -0.2) is 5.48 Å². The van der Waals surface area contributed by atoms with Crippen molar-refractivity contribution in [1.29, 1.82) is 0 Å². The van der Waals surface area contributed by atoms with Crippen LogP contribution >= 0.6 is 0 Å². The third-order valence-corrected chi connectivity index (χ3v) is 2.95. The fourth-order valence-electron chi connectivity index (χ4n) is 1.73. The summed E-state index contributed by atoms with van der Waals surface area (Å²) in [5.41, 5.74) is 2.08. The van der Waals surface area contributed by atoms with E-state index in [0.29, 0.717) is 6.42 Å². The maximum Gasteiger partial charge on any atom is 0.246 e. The summed E-state index contributed by atoms with van der Waals surface area (Å²) in [6, 6.07) is 0. The number of nitrogens with one attached hydrogen (secondary N) is 1. The first-order valence-corrected chi connectivity index (χ1v) is 4.86. The normalized spacial score (nSPS) is 19.9. The lowest BCUT2D eigenvalue weighted by atomic mass is 9.89. The predicted octanol–water partition coefficient (Wildman–Crippen LogP) is 1.06. The van der Waals surface area contributed by atoms with Crippen LogP contribution in [-0.2, 0) is 14.4 Å². The van der Waals surface area contributed by atoms with Crippen LogP contribution in [0.3, 0.4) is 0 Å². The molecule has 1 fully saturated rings. The first-order chi connectivity index (χ1) is 6.52. The van der Waals surface area contributed by atoms with E-state index >= 15 is 0 Å². The summed E-state index contributed by atoms with van der Waals surface area (Å²) in [5, 5.41) is 0. The molecule has 0 spiro atoms. The van der Waals surface area contributed by atoms with Crippen LogP contribution in [0.15, 0.2) is 0 Å². The summed E-state index contributed by atoms with van der Waals surface area (Å²) in [5.74, 6) is -0.115. The molecule has 1 aliphatic carbocycles. The minimum absolute atomic E-state index is 0.153. The number of Topliss-reactive ketones (excluding diaryl/α,β-unsaturated/α-hetero) is 1. The molecule has 0 bridgehead atoms. The first-order valence-electron chi connectivity index (χ1n) is 4.86. The molecule has 0 heterocycles. The number of ketones is 1. The van der Waals surface area contributed by atoms with E-state index in [4.69, 9.17) is 0 Å². The van der Waals surface area contributed by atoms with Crippen LogP contribution in [0.5, 0.6) is 0 Å². The predicted molar refractivity (Wildman–Crippen MR) is 51.3 cm³/mol. The molecule has 0 aromatic rings. The maximum atomic E-state index is 11.3. The molecular weight excluding hydrogens is 182 g/mol. The zero-order valence-electron chi connectivity index (χ0n) is 8.92. The smallest absolute Gasteiger partial charge is 0.246 e. The number of carbonyl (C=O) groups excluding carboxylic acids is 2. The summed E-state index contributed by atoms with van der Waals surface area (Å²) in [6.45, 7) is 3.42. The lowest BCUT2D eigenvalue weighted by Gasteiger charge is -2.16. The highest BCUT2D eigenvalue weighted by molar-refractivity contribution is 5.86. The van der Waals surface area contributed by atoms with Gasteiger partial charge in [-0.2, -0.15) is 0 Å². The third kappa shape index (κ3) is 2.32. The van der Waals surface area contributed by atoms with Gasteiger partial charge < -0.3 is 0 Å². The molecule has 0 aliphatic heterocycles. The molecule has 0 aromatic carbocycles. The Balaban J connectivity index is 2.44. The molecule has 4 heteroatoms. The van der Waals surface area contributed by atoms with E-state index in [9.17, 15) is 9.59 Å². The Labute approximate surface area is 84.0 Å². The molecule has 1 saturated carbocycles. The van der Waals surface area contributed by atoms with Crippen molar-refractivity contribution in [3.8, 4) is 0 Å². The highest BCUT2D eigenvalue weighted by Crippen LogP contribution is 2.51. The fraction of sp³-hybridized carbons (Fsp3) is 0.800. The van der Waals surface area contributed by atoms with Crippen LogP contribution in [0.4, 0.5) is 0 Å². The lowest BCUT2D eigenvalue weighted by Crippen LogP contribution is -2.31. The zero-order valence-corrected chi connectivity index (χ0v) is 8.92. The lowest BCUT2D eigenvalue weighted by molar-refractivity contribution is -0.136. The molecule has 1 rings (SSSR count). The van der Waals surface area contributed by atoms with Gasteiger partial charge in [0.25, 0.3) is 0 Å². The minimum Gasteiger partial charge on any atom is -0.299 e. The number of carbonyl (C=O) groups is 2. The molecule has 0 saturated heterocycles. The molecule has 1 atom stereocenters. The van der Waals surface area contributed by atoms with Crippen LogP contribution < -0.4 is 5.48 Å². The highest BCUT2D eigenvalue weighted by atomic mass is 16.6. The van der Waals surface area contributed by atoms with Crippen molar-refractivity contribution < 1.29 is 14.4 Å². The SMILES string of the molecule is CONC(=O)[C@H](C)CC1(C(C)=O)CC1. The summed E-state index contributed by atoms with van der Waals surface area (Å²) in [4.78, 5) is 27.1. The molecule has 0 aromatic heterocycles. The molecule has 1 N–H and O–H groups in total. The fourth-order valence-corrected chi connectivity index (χ4v) is 1.73. The standard InChI is InChI=1S/C10H17NO3/c1-7(9(13)11-14-3)6-10(4-5-10)8(2)12/h7H,4-6H2,1-3H3,(H,11,13)/t7-/m1/s1. The van der Waals surface area contributed by atoms with E-state index < -0.39 is 0 Å². The van der Waals surface area contributed by atoms with Gasteiger partial charge >= 0.3 is 0 Å². The van der Waals surface area contributed by atoms with Gasteiger partial charge in [0, 0.05) is 11.3 Å². The Bertz CT molecular complexity index is 246. The zero-order chi connectivity index (χ0) is 10.8. The second kappa shape index (κ2) is 4.09. The third-order valence-electron chi connectivity index (χ3n) is 2.95. The van der Waals surface area contributed by atoms with Crippen LogP contribution in [-0.4, -0.2) is 18.8 Å². The van der Waals surface area contributed by atoms with Gasteiger partial charge in [0.15, 0.2) is 0 Å². The van der Waals surface area contributed by atoms with E-state index in [2.05, 4.69) is 10.3 Å². The number of hydrogen-bond donors (Lipinski definition) is 1. The topological polar surface area (TPSA) is 55.4 Å². The van der Waals surface area contributed by atoms with Crippen molar-refractivity contribution in [3.63, 3.8) is 0 Å². The van der Waals surface area contributed by atoms with Gasteiger partial charge in [-0.1, -0.05) is 6.92 Å². The Morgan fingerprint density at radius 3 is 2.43 bits per heavy atom. The summed E-state index contributed by atoms with van der Waals surface area (Å²) in [6.07, 6.45) is 2.48. The number of rotatable bonds is 5. The van der Waals surface area contributed by atoms with E-state index in [-0.39, 0.29) is 23.0 Å². The molecule has 0 radical (unpaired) electrons. The van der Waals surface area contributed by atoms with E-state index in [1.54, 1.807) is 6.92 Å². The Morgan fingerprint density at radius 2 is 2.07 bits per heavy atom. The minimum atomic E-state index is -0.204. The number of amides is 1. The molecule has 14 heavy (non-hydrogen) atoms. The highest BCUT2D eigenvalue weighted by Gasteiger charge is 2.48. The van der Waals surface area contributed by atoms with Gasteiger partial charge in [-0.15, -0.1) is 0 Å². The van der Waals surface area contributed by atoms with Gasteiger partial charge in [0.2, 0.25) is 5.91 Å². The van der Waals surface area contributed by atoms with Crippen molar-refractivity contribution in [2.45, 2.75) is 33.1 Å². The van der Waals surface area contributed by atoms with E-state index in [1.807, 2.05) is 6.92 Å². The second-order valence-corrected chi connectivity index (χ2v) is 4.11. The van der Waals surface area contributed by atoms with Crippen LogP contribution in [0.2, 0.25) is 0 Å². The first kappa shape index (κ1) is 11.2. The van der Waals surface area contributed by atoms with Crippen LogP contribution in [0.25, 0.3) is 0 Å². The largest absolute Gasteiger partial charge is 0.299 e. The molecular formula is C10H17NO3. The van der Waals surface area contributed by atoms with E-state index in [0.717, 1.165) is 12.8 Å². The molecule has 1 aliphatic rings. The molecule has 80 valence electrons. The van der Waals surface area contributed by atoms with Gasteiger partial charge in [-0.3, -0.25) is 14.4 Å². The van der Waals surface area contributed by atoms with Crippen molar-refractivity contribution in [2.24, 2.45) is 11.3 Å². The molecule has 4 nitrogen and oxygen atoms in total. The average molecular weight is 199 g/mol. The quantitative estimate of drug-likeness (QED) is 0.673. The molecule has 1 amide bonds. The van der Waals surface area contributed by atoms with E-state index in [1.165, 1.54) is 7.11 Å². The summed E-state index contributed by atoms with van der Waals surface area (Å²) < 4.78 is 0. The maximum absolute atomic E-state index is 11.3. The van der Waals surface area contributed by atoms with Crippen molar-refractivity contribution in [3.05, 3.63) is 0 Å². The number of hydroxylamine groups is 1. The monoisotopic (exact) mass is 199 g/mol. The molecule has 0 unspecified atom stereocenters. The average Bonchev–Trinajstić information content (AvgIpc) is 2.86. The van der Waals surface area contributed by atoms with Crippen molar-refractivity contribution in [2.75, 3.05) is 7.11 Å². The van der Waals surface area contributed by atoms with Gasteiger partial charge in [0.1, 0.15) is 5.78 Å². The number of hydrogen-bond acceptors (Lipinski definition) is 3. The van der Waals surface area contributed by atoms with Crippen LogP contribution in [0, 0.1) is 11.3 Å². The van der Waals surface area contributed by atoms with Gasteiger partial charge in [0.05, 0.1) is 7.11 Å². The van der Waals surface area contributed by atoms with Crippen molar-refractivity contribution >= 4 is 11.7 Å². The second-order valence-electron chi connectivity index (χ2n) is 4.11. The van der Waals surface area contributed by atoms with Crippen LogP contribution in [0.1, 0.15) is 33.1 Å². The Morgan fingerprint density at radius 1 is 1.50 bits per heavy atom. The Kier molecular flexibility index (Phi) is 3.26.